The van der Waals surface area contributed by atoms with Crippen molar-refractivity contribution in [1.29, 1.82) is 0 Å². The van der Waals surface area contributed by atoms with E-state index in [0.717, 1.165) is 55.2 Å². The maximum Gasteiger partial charge on any atom is 0.317 e. The van der Waals surface area contributed by atoms with E-state index in [2.05, 4.69) is 10.3 Å². The summed E-state index contributed by atoms with van der Waals surface area (Å²) in [5.74, 6) is -1.18. The molecule has 4 nitrogen and oxygen atoms in total. The molecule has 5 rings (SSSR count). The Labute approximate surface area is 166 Å². The molecule has 1 aliphatic carbocycles. The van der Waals surface area contributed by atoms with Gasteiger partial charge in [0.2, 0.25) is 0 Å². The first-order valence-corrected chi connectivity index (χ1v) is 9.69. The Balaban J connectivity index is 0.000000249. The summed E-state index contributed by atoms with van der Waals surface area (Å²) in [5.41, 5.74) is 2.83. The fourth-order valence-corrected chi connectivity index (χ4v) is 3.77. The van der Waals surface area contributed by atoms with Crippen molar-refractivity contribution in [2.45, 2.75) is 25.2 Å². The fourth-order valence-electron chi connectivity index (χ4n) is 3.77. The number of carbonyl (C=O) groups is 1. The first kappa shape index (κ1) is 19.4. The number of aromatic nitrogens is 1. The standard InChI is InChI=1S/C18H14F3N.C4H8N2O/c19-12-6-4-11(5-7-12)17-16(10-2-1-3-10)14-8-13(20)9-15(21)18(14)22-17;1-6-3-2-5-4(6)7/h4-10,22H,1-3H2;2-3H2,1H3,(H,5,7). The minimum absolute atomic E-state index is 0.0417. The lowest BCUT2D eigenvalue weighted by molar-refractivity contribution is 0.226. The normalized spacial score (nSPS) is 16.4. The number of halogens is 3. The zero-order chi connectivity index (χ0) is 20.5. The average Bonchev–Trinajstić information content (AvgIpc) is 3.19. The molecule has 0 bridgehead atoms. The van der Waals surface area contributed by atoms with Crippen molar-refractivity contribution >= 4 is 16.9 Å². The highest BCUT2D eigenvalue weighted by Gasteiger charge is 2.27. The molecule has 3 aromatic rings. The Morgan fingerprint density at radius 2 is 1.76 bits per heavy atom. The molecule has 2 fully saturated rings. The summed E-state index contributed by atoms with van der Waals surface area (Å²) in [6.07, 6.45) is 3.15. The van der Waals surface area contributed by atoms with E-state index >= 15 is 0 Å². The summed E-state index contributed by atoms with van der Waals surface area (Å²) in [4.78, 5) is 15.1. The molecular formula is C22H22F3N3O. The van der Waals surface area contributed by atoms with Gasteiger partial charge in [0.1, 0.15) is 17.5 Å². The molecular weight excluding hydrogens is 379 g/mol. The Morgan fingerprint density at radius 3 is 2.28 bits per heavy atom. The molecule has 2 heterocycles. The van der Waals surface area contributed by atoms with Crippen molar-refractivity contribution in [2.75, 3.05) is 20.1 Å². The van der Waals surface area contributed by atoms with Crippen LogP contribution in [-0.2, 0) is 0 Å². The van der Waals surface area contributed by atoms with Crippen molar-refractivity contribution in [1.82, 2.24) is 15.2 Å². The number of hydrogen-bond acceptors (Lipinski definition) is 1. The number of aromatic amines is 1. The van der Waals surface area contributed by atoms with Gasteiger partial charge in [0, 0.05) is 31.6 Å². The predicted molar refractivity (Wildman–Crippen MR) is 106 cm³/mol. The molecule has 7 heteroatoms. The van der Waals surface area contributed by atoms with Crippen LogP contribution in [0, 0.1) is 17.5 Å². The molecule has 2 amide bonds. The number of rotatable bonds is 2. The van der Waals surface area contributed by atoms with Crippen LogP contribution in [0.2, 0.25) is 0 Å². The van der Waals surface area contributed by atoms with Gasteiger partial charge >= 0.3 is 6.03 Å². The molecule has 0 spiro atoms. The number of carbonyl (C=O) groups excluding carboxylic acids is 1. The van der Waals surface area contributed by atoms with Crippen LogP contribution in [0.1, 0.15) is 30.7 Å². The van der Waals surface area contributed by atoms with Crippen molar-refractivity contribution in [3.63, 3.8) is 0 Å². The van der Waals surface area contributed by atoms with E-state index < -0.39 is 11.6 Å². The van der Waals surface area contributed by atoms with E-state index in [9.17, 15) is 18.0 Å². The van der Waals surface area contributed by atoms with Crippen molar-refractivity contribution in [3.05, 3.63) is 59.4 Å². The molecule has 29 heavy (non-hydrogen) atoms. The number of likely N-dealkylation sites (N-methyl/N-ethyl adjacent to an activating group) is 1. The van der Waals surface area contributed by atoms with Gasteiger partial charge < -0.3 is 15.2 Å². The monoisotopic (exact) mass is 401 g/mol. The smallest absolute Gasteiger partial charge is 0.317 e. The van der Waals surface area contributed by atoms with Crippen molar-refractivity contribution < 1.29 is 18.0 Å². The zero-order valence-electron chi connectivity index (χ0n) is 16.1. The van der Waals surface area contributed by atoms with Gasteiger partial charge in [-0.25, -0.2) is 18.0 Å². The maximum absolute atomic E-state index is 14.1. The highest BCUT2D eigenvalue weighted by atomic mass is 19.1. The van der Waals surface area contributed by atoms with E-state index in [1.54, 1.807) is 24.1 Å². The third-order valence-electron chi connectivity index (χ3n) is 5.58. The highest BCUT2D eigenvalue weighted by Crippen LogP contribution is 2.45. The third kappa shape index (κ3) is 3.81. The quantitative estimate of drug-likeness (QED) is 0.612. The van der Waals surface area contributed by atoms with Gasteiger partial charge in [-0.15, -0.1) is 0 Å². The number of fused-ring (bicyclic) bond motifs is 1. The summed E-state index contributed by atoms with van der Waals surface area (Å²) in [5, 5.41) is 3.25. The van der Waals surface area contributed by atoms with Crippen LogP contribution >= 0.6 is 0 Å². The number of hydrogen-bond donors (Lipinski definition) is 2. The van der Waals surface area contributed by atoms with Gasteiger partial charge in [-0.1, -0.05) is 6.42 Å². The number of urea groups is 1. The Hall–Kier alpha value is -2.96. The Morgan fingerprint density at radius 1 is 1.03 bits per heavy atom. The van der Waals surface area contributed by atoms with Crippen LogP contribution in [0.15, 0.2) is 36.4 Å². The molecule has 1 aromatic heterocycles. The van der Waals surface area contributed by atoms with Gasteiger partial charge in [0.25, 0.3) is 0 Å². The minimum atomic E-state index is -0.594. The van der Waals surface area contributed by atoms with Crippen molar-refractivity contribution in [2.24, 2.45) is 0 Å². The average molecular weight is 401 g/mol. The van der Waals surface area contributed by atoms with Gasteiger partial charge in [0.05, 0.1) is 11.2 Å². The lowest BCUT2D eigenvalue weighted by Gasteiger charge is -2.26. The first-order chi connectivity index (χ1) is 13.9. The molecule has 2 aliphatic rings. The summed E-state index contributed by atoms with van der Waals surface area (Å²) in [6, 6.07) is 8.39. The summed E-state index contributed by atoms with van der Waals surface area (Å²) in [7, 11) is 1.78. The summed E-state index contributed by atoms with van der Waals surface area (Å²) >= 11 is 0. The highest BCUT2D eigenvalue weighted by molar-refractivity contribution is 5.92. The van der Waals surface area contributed by atoms with E-state index in [1.165, 1.54) is 18.2 Å². The number of benzene rings is 2. The second kappa shape index (κ2) is 7.81. The second-order valence-electron chi connectivity index (χ2n) is 7.51. The zero-order valence-corrected chi connectivity index (χ0v) is 16.1. The second-order valence-corrected chi connectivity index (χ2v) is 7.51. The van der Waals surface area contributed by atoms with Crippen LogP contribution in [0.4, 0.5) is 18.0 Å². The lowest BCUT2D eigenvalue weighted by Crippen LogP contribution is -2.23. The molecule has 0 radical (unpaired) electrons. The van der Waals surface area contributed by atoms with Gasteiger partial charge in [-0.05, 0) is 60.2 Å². The summed E-state index contributed by atoms with van der Waals surface area (Å²) < 4.78 is 40.8. The fraction of sp³-hybridized carbons (Fsp3) is 0.318. The minimum Gasteiger partial charge on any atom is -0.352 e. The molecule has 2 aromatic carbocycles. The van der Waals surface area contributed by atoms with Crippen LogP contribution in [0.25, 0.3) is 22.2 Å². The Bertz CT molecular complexity index is 1040. The SMILES string of the molecule is CN1CCNC1=O.Fc1ccc(-c2[nH]c3c(F)cc(F)cc3c2C2CCC2)cc1. The molecule has 0 atom stereocenters. The van der Waals surface area contributed by atoms with Crippen LogP contribution in [-0.4, -0.2) is 36.1 Å². The number of nitrogens with one attached hydrogen (secondary N) is 2. The summed E-state index contributed by atoms with van der Waals surface area (Å²) in [6.45, 7) is 1.65. The number of nitrogens with zero attached hydrogens (tertiary/aromatic N) is 1. The van der Waals surface area contributed by atoms with Crippen LogP contribution in [0.5, 0.6) is 0 Å². The van der Waals surface area contributed by atoms with E-state index in [4.69, 9.17) is 0 Å². The van der Waals surface area contributed by atoms with E-state index in [1.807, 2.05) is 0 Å². The predicted octanol–water partition coefficient (Wildman–Crippen LogP) is 5.16. The molecule has 152 valence electrons. The maximum atomic E-state index is 14.1. The van der Waals surface area contributed by atoms with Crippen LogP contribution < -0.4 is 5.32 Å². The molecule has 0 unspecified atom stereocenters. The number of amides is 2. The van der Waals surface area contributed by atoms with Gasteiger partial charge in [-0.3, -0.25) is 0 Å². The molecule has 1 saturated heterocycles. The van der Waals surface area contributed by atoms with Crippen molar-refractivity contribution in [3.8, 4) is 11.3 Å². The van der Waals surface area contributed by atoms with E-state index in [0.29, 0.717) is 16.8 Å². The van der Waals surface area contributed by atoms with Crippen LogP contribution in [0.3, 0.4) is 0 Å². The lowest BCUT2D eigenvalue weighted by atomic mass is 9.78. The van der Waals surface area contributed by atoms with E-state index in [-0.39, 0.29) is 11.8 Å². The Kier molecular flexibility index (Phi) is 5.22. The largest absolute Gasteiger partial charge is 0.352 e. The molecule has 2 N–H and O–H groups in total. The molecule has 1 aliphatic heterocycles. The van der Waals surface area contributed by atoms with Gasteiger partial charge in [-0.2, -0.15) is 0 Å². The number of H-pyrrole nitrogens is 1. The topological polar surface area (TPSA) is 48.1 Å². The first-order valence-electron chi connectivity index (χ1n) is 9.69. The third-order valence-corrected chi connectivity index (χ3v) is 5.58. The molecule has 1 saturated carbocycles. The van der Waals surface area contributed by atoms with Gasteiger partial charge in [0.15, 0.2) is 0 Å².